The molecule has 2 aliphatic heterocycles. The summed E-state index contributed by atoms with van der Waals surface area (Å²) in [5, 5.41) is 9.12. The zero-order chi connectivity index (χ0) is 12.4. The third kappa shape index (κ3) is 2.60. The van der Waals surface area contributed by atoms with Crippen molar-refractivity contribution in [2.45, 2.75) is 57.3 Å². The Kier molecular flexibility index (Phi) is 3.66. The van der Waals surface area contributed by atoms with E-state index in [1.807, 2.05) is 6.92 Å². The van der Waals surface area contributed by atoms with Gasteiger partial charge in [-0.1, -0.05) is 0 Å². The van der Waals surface area contributed by atoms with Crippen LogP contribution in [0.5, 0.6) is 0 Å². The van der Waals surface area contributed by atoms with Crippen molar-refractivity contribution in [3.63, 3.8) is 0 Å². The van der Waals surface area contributed by atoms with Gasteiger partial charge in [0, 0.05) is 6.54 Å². The molecule has 2 aliphatic rings. The van der Waals surface area contributed by atoms with Crippen molar-refractivity contribution in [1.29, 1.82) is 0 Å². The molecule has 1 unspecified atom stereocenters. The predicted molar refractivity (Wildman–Crippen MR) is 60.6 cm³/mol. The van der Waals surface area contributed by atoms with E-state index in [-0.39, 0.29) is 12.0 Å². The molecule has 0 radical (unpaired) electrons. The molecule has 0 bridgehead atoms. The summed E-state index contributed by atoms with van der Waals surface area (Å²) in [4.78, 5) is 24.8. The summed E-state index contributed by atoms with van der Waals surface area (Å²) in [6, 6.07) is -0.657. The molecule has 96 valence electrons. The van der Waals surface area contributed by atoms with Gasteiger partial charge in [-0.3, -0.25) is 4.79 Å². The third-order valence-corrected chi connectivity index (χ3v) is 3.58. The summed E-state index contributed by atoms with van der Waals surface area (Å²) in [7, 11) is 0. The Labute approximate surface area is 101 Å². The van der Waals surface area contributed by atoms with E-state index in [9.17, 15) is 9.59 Å². The van der Waals surface area contributed by atoms with Crippen LogP contribution in [0.15, 0.2) is 0 Å². The molecule has 17 heavy (non-hydrogen) atoms. The first-order chi connectivity index (χ1) is 8.09. The highest BCUT2D eigenvalue weighted by molar-refractivity contribution is 5.86. The first-order valence-corrected chi connectivity index (χ1v) is 6.28. The molecule has 5 nitrogen and oxygen atoms in total. The Morgan fingerprint density at radius 2 is 2.00 bits per heavy atom. The maximum Gasteiger partial charge on any atom is 0.326 e. The van der Waals surface area contributed by atoms with E-state index in [1.54, 1.807) is 0 Å². The van der Waals surface area contributed by atoms with Crippen molar-refractivity contribution in [1.82, 2.24) is 4.90 Å². The number of hydrogen-bond acceptors (Lipinski definition) is 3. The highest BCUT2D eigenvalue weighted by Crippen LogP contribution is 2.25. The Morgan fingerprint density at radius 1 is 1.24 bits per heavy atom. The van der Waals surface area contributed by atoms with Crippen LogP contribution in [0.1, 0.15) is 39.0 Å². The molecule has 5 heteroatoms. The number of aliphatic carboxylic acids is 1. The molecular formula is C12H19NO4. The molecule has 2 fully saturated rings. The number of carbonyl (C=O) groups excluding carboxylic acids is 1. The average molecular weight is 241 g/mol. The zero-order valence-corrected chi connectivity index (χ0v) is 10.1. The van der Waals surface area contributed by atoms with Gasteiger partial charge >= 0.3 is 5.97 Å². The summed E-state index contributed by atoms with van der Waals surface area (Å²) < 4.78 is 5.52. The van der Waals surface area contributed by atoms with E-state index in [2.05, 4.69) is 0 Å². The fraction of sp³-hybridized carbons (Fsp3) is 0.833. The van der Waals surface area contributed by atoms with Crippen LogP contribution in [0.2, 0.25) is 0 Å². The summed E-state index contributed by atoms with van der Waals surface area (Å²) >= 11 is 0. The summed E-state index contributed by atoms with van der Waals surface area (Å²) in [5.74, 6) is -1.04. The molecule has 0 saturated carbocycles. The molecule has 0 aromatic rings. The van der Waals surface area contributed by atoms with Crippen LogP contribution >= 0.6 is 0 Å². The number of amides is 1. The van der Waals surface area contributed by atoms with E-state index in [0.29, 0.717) is 19.4 Å². The van der Waals surface area contributed by atoms with E-state index >= 15 is 0 Å². The number of hydrogen-bond donors (Lipinski definition) is 1. The zero-order valence-electron chi connectivity index (χ0n) is 10.1. The van der Waals surface area contributed by atoms with Crippen molar-refractivity contribution < 1.29 is 19.4 Å². The minimum absolute atomic E-state index is 0.108. The van der Waals surface area contributed by atoms with Crippen molar-refractivity contribution >= 4 is 11.9 Å². The number of rotatable bonds is 2. The van der Waals surface area contributed by atoms with Crippen molar-refractivity contribution in [3.05, 3.63) is 0 Å². The summed E-state index contributed by atoms with van der Waals surface area (Å²) in [6.45, 7) is 2.49. The van der Waals surface area contributed by atoms with Gasteiger partial charge < -0.3 is 14.7 Å². The maximum absolute atomic E-state index is 12.2. The van der Waals surface area contributed by atoms with E-state index in [0.717, 1.165) is 19.3 Å². The molecular weight excluding hydrogens is 222 g/mol. The molecule has 0 spiro atoms. The van der Waals surface area contributed by atoms with Crippen LogP contribution < -0.4 is 0 Å². The van der Waals surface area contributed by atoms with Crippen LogP contribution in [0.4, 0.5) is 0 Å². The van der Waals surface area contributed by atoms with Crippen LogP contribution in [-0.2, 0) is 14.3 Å². The average Bonchev–Trinajstić information content (AvgIpc) is 2.75. The lowest BCUT2D eigenvalue weighted by atomic mass is 10.0. The number of carboxylic acids is 1. The van der Waals surface area contributed by atoms with Gasteiger partial charge in [0.15, 0.2) is 0 Å². The highest BCUT2D eigenvalue weighted by atomic mass is 16.5. The van der Waals surface area contributed by atoms with E-state index in [1.165, 1.54) is 4.90 Å². The standard InChI is InChI=1S/C12H19NO4/c1-8-5-6-10(17-8)11(14)13-7-3-2-4-9(13)12(15)16/h8-10H,2-7H2,1H3,(H,15,16)/t8-,9?,10-/m1/s1. The Hall–Kier alpha value is -1.10. The van der Waals surface area contributed by atoms with Crippen molar-refractivity contribution in [2.75, 3.05) is 6.54 Å². The fourth-order valence-electron chi connectivity index (χ4n) is 2.62. The first-order valence-electron chi connectivity index (χ1n) is 6.28. The Bertz CT molecular complexity index is 318. The number of piperidine rings is 1. The normalized spacial score (nSPS) is 33.7. The molecule has 0 aromatic heterocycles. The first kappa shape index (κ1) is 12.4. The van der Waals surface area contributed by atoms with Gasteiger partial charge in [0.1, 0.15) is 12.1 Å². The topological polar surface area (TPSA) is 66.8 Å². The van der Waals surface area contributed by atoms with Crippen LogP contribution in [0.25, 0.3) is 0 Å². The lowest BCUT2D eigenvalue weighted by Crippen LogP contribution is -2.51. The number of ether oxygens (including phenoxy) is 1. The fourth-order valence-corrected chi connectivity index (χ4v) is 2.62. The molecule has 0 aliphatic carbocycles. The van der Waals surface area contributed by atoms with E-state index in [4.69, 9.17) is 9.84 Å². The minimum atomic E-state index is -0.899. The van der Waals surface area contributed by atoms with Gasteiger partial charge in [0.25, 0.3) is 5.91 Å². The van der Waals surface area contributed by atoms with Crippen LogP contribution in [0.3, 0.4) is 0 Å². The number of likely N-dealkylation sites (tertiary alicyclic amines) is 1. The molecule has 0 aromatic carbocycles. The molecule has 3 atom stereocenters. The monoisotopic (exact) mass is 241 g/mol. The van der Waals surface area contributed by atoms with E-state index < -0.39 is 18.1 Å². The van der Waals surface area contributed by atoms with Gasteiger partial charge in [-0.2, -0.15) is 0 Å². The van der Waals surface area contributed by atoms with Crippen LogP contribution in [0, 0.1) is 0 Å². The van der Waals surface area contributed by atoms with Gasteiger partial charge in [-0.05, 0) is 39.0 Å². The highest BCUT2D eigenvalue weighted by Gasteiger charge is 2.38. The Morgan fingerprint density at radius 3 is 2.59 bits per heavy atom. The lowest BCUT2D eigenvalue weighted by molar-refractivity contribution is -0.157. The smallest absolute Gasteiger partial charge is 0.326 e. The lowest BCUT2D eigenvalue weighted by Gasteiger charge is -2.34. The van der Waals surface area contributed by atoms with Gasteiger partial charge in [-0.15, -0.1) is 0 Å². The second-order valence-corrected chi connectivity index (χ2v) is 4.89. The molecule has 2 saturated heterocycles. The van der Waals surface area contributed by atoms with Crippen molar-refractivity contribution in [3.8, 4) is 0 Å². The summed E-state index contributed by atoms with van der Waals surface area (Å²) in [6.07, 6.45) is 3.59. The SMILES string of the molecule is C[C@@H]1CC[C@H](C(=O)N2CCCCC2C(=O)O)O1. The summed E-state index contributed by atoms with van der Waals surface area (Å²) in [5.41, 5.74) is 0. The quantitative estimate of drug-likeness (QED) is 0.783. The maximum atomic E-state index is 12.2. The molecule has 2 heterocycles. The van der Waals surface area contributed by atoms with Gasteiger partial charge in [-0.25, -0.2) is 4.79 Å². The largest absolute Gasteiger partial charge is 0.480 e. The molecule has 1 N–H and O–H groups in total. The number of nitrogens with zero attached hydrogens (tertiary/aromatic N) is 1. The minimum Gasteiger partial charge on any atom is -0.480 e. The molecule has 2 rings (SSSR count). The van der Waals surface area contributed by atoms with Crippen molar-refractivity contribution in [2.24, 2.45) is 0 Å². The van der Waals surface area contributed by atoms with Gasteiger partial charge in [0.05, 0.1) is 6.10 Å². The second-order valence-electron chi connectivity index (χ2n) is 4.89. The number of carboxylic acid groups (broad SMARTS) is 1. The molecule has 1 amide bonds. The Balaban J connectivity index is 2.03. The van der Waals surface area contributed by atoms with Gasteiger partial charge in [0.2, 0.25) is 0 Å². The van der Waals surface area contributed by atoms with Crippen LogP contribution in [-0.4, -0.2) is 46.7 Å². The third-order valence-electron chi connectivity index (χ3n) is 3.58. The second kappa shape index (κ2) is 5.04. The number of carbonyl (C=O) groups is 2. The predicted octanol–water partition coefficient (Wildman–Crippen LogP) is 1.02.